The standard InChI is InChI=1S/C21H21P.C9H12.H3O4P/c1-16-10-4-7-13-19(16)22(20-14-8-5-11-17(20)2)21-15-9-6-12-18(21)3;1-7-5-4-6-8(2)9(7)3;1-5(2,3)4/h4-15H,1-3H3;4-6H,1-3H3;(H3,1,2,3,4). The number of hydrogen-bond donors (Lipinski definition) is 3. The van der Waals surface area contributed by atoms with Crippen molar-refractivity contribution in [2.24, 2.45) is 0 Å². The van der Waals surface area contributed by atoms with Crippen LogP contribution in [0.25, 0.3) is 0 Å². The number of hydrogen-bond acceptors (Lipinski definition) is 1. The molecule has 4 nitrogen and oxygen atoms in total. The first-order valence-corrected chi connectivity index (χ1v) is 14.6. The summed E-state index contributed by atoms with van der Waals surface area (Å²) in [5.41, 5.74) is 8.31. The van der Waals surface area contributed by atoms with Crippen molar-refractivity contribution in [3.63, 3.8) is 0 Å². The Morgan fingerprint density at radius 2 is 0.722 bits per heavy atom. The molecule has 0 aliphatic heterocycles. The fraction of sp³-hybridized carbons (Fsp3) is 0.200. The minimum atomic E-state index is -4.64. The Hall–Kier alpha value is -2.58. The molecule has 0 spiro atoms. The largest absolute Gasteiger partial charge is 0.466 e. The molecule has 0 unspecified atom stereocenters. The first kappa shape index (κ1) is 29.6. The van der Waals surface area contributed by atoms with E-state index in [9.17, 15) is 0 Å². The van der Waals surface area contributed by atoms with Gasteiger partial charge in [0.15, 0.2) is 0 Å². The van der Waals surface area contributed by atoms with Crippen LogP contribution in [0.2, 0.25) is 0 Å². The summed E-state index contributed by atoms with van der Waals surface area (Å²) in [6, 6.07) is 32.8. The predicted octanol–water partition coefficient (Wildman–Crippen LogP) is 6.05. The van der Waals surface area contributed by atoms with Gasteiger partial charge in [0.25, 0.3) is 0 Å². The molecule has 0 saturated carbocycles. The Morgan fingerprint density at radius 3 is 0.972 bits per heavy atom. The van der Waals surface area contributed by atoms with E-state index in [1.807, 2.05) is 0 Å². The Bertz CT molecular complexity index is 1190. The van der Waals surface area contributed by atoms with Crippen molar-refractivity contribution in [1.29, 1.82) is 0 Å². The summed E-state index contributed by atoms with van der Waals surface area (Å²) in [5, 5.41) is 4.38. The highest BCUT2D eigenvalue weighted by Crippen LogP contribution is 2.36. The van der Waals surface area contributed by atoms with Crippen molar-refractivity contribution in [1.82, 2.24) is 0 Å². The molecule has 0 atom stereocenters. The van der Waals surface area contributed by atoms with E-state index in [-0.39, 0.29) is 0 Å². The summed E-state index contributed by atoms with van der Waals surface area (Å²) >= 11 is 0. The SMILES string of the molecule is Cc1cccc(C)c1C.Cc1ccccc1P(c1ccccc1C)c1ccccc1C.O=P(O)(O)O. The van der Waals surface area contributed by atoms with Gasteiger partial charge in [0.1, 0.15) is 0 Å². The summed E-state index contributed by atoms with van der Waals surface area (Å²) in [6.07, 6.45) is 0. The maximum absolute atomic E-state index is 8.88. The Labute approximate surface area is 216 Å². The minimum absolute atomic E-state index is 0.508. The lowest BCUT2D eigenvalue weighted by Gasteiger charge is -2.24. The van der Waals surface area contributed by atoms with Crippen LogP contribution in [0.3, 0.4) is 0 Å². The lowest BCUT2D eigenvalue weighted by atomic mass is 10.1. The molecule has 0 fully saturated rings. The van der Waals surface area contributed by atoms with Crippen LogP contribution in [0.15, 0.2) is 91.0 Å². The van der Waals surface area contributed by atoms with E-state index >= 15 is 0 Å². The molecule has 0 heterocycles. The average Bonchev–Trinajstić information content (AvgIpc) is 2.80. The molecule has 0 aliphatic rings. The molecule has 4 aromatic rings. The summed E-state index contributed by atoms with van der Waals surface area (Å²) in [6.45, 7) is 13.1. The molecule has 0 amide bonds. The zero-order valence-corrected chi connectivity index (χ0v) is 23.6. The van der Waals surface area contributed by atoms with Crippen molar-refractivity contribution in [2.45, 2.75) is 41.5 Å². The summed E-state index contributed by atoms with van der Waals surface area (Å²) in [4.78, 5) is 21.6. The maximum atomic E-state index is 8.88. The molecule has 190 valence electrons. The highest BCUT2D eigenvalue weighted by atomic mass is 31.2. The van der Waals surface area contributed by atoms with E-state index < -0.39 is 15.7 Å². The van der Waals surface area contributed by atoms with Gasteiger partial charge in [-0.1, -0.05) is 91.0 Å². The van der Waals surface area contributed by atoms with Crippen LogP contribution in [-0.4, -0.2) is 14.7 Å². The second-order valence-corrected chi connectivity index (χ2v) is 11.9. The molecule has 0 aliphatic carbocycles. The molecule has 0 aromatic heterocycles. The van der Waals surface area contributed by atoms with Gasteiger partial charge in [0.05, 0.1) is 0 Å². The molecular weight excluding hydrogens is 486 g/mol. The monoisotopic (exact) mass is 522 g/mol. The Morgan fingerprint density at radius 1 is 0.472 bits per heavy atom. The fourth-order valence-corrected chi connectivity index (χ4v) is 6.50. The van der Waals surface area contributed by atoms with Gasteiger partial charge < -0.3 is 14.7 Å². The summed E-state index contributed by atoms with van der Waals surface area (Å²) in [7, 11) is -5.15. The summed E-state index contributed by atoms with van der Waals surface area (Å²) < 4.78 is 8.88. The topological polar surface area (TPSA) is 77.8 Å². The Kier molecular flexibility index (Phi) is 11.2. The van der Waals surface area contributed by atoms with Gasteiger partial charge in [0.2, 0.25) is 0 Å². The number of aryl methyl sites for hydroxylation is 5. The van der Waals surface area contributed by atoms with Gasteiger partial charge in [-0.3, -0.25) is 0 Å². The zero-order chi connectivity index (χ0) is 26.9. The molecule has 6 heteroatoms. The molecule has 0 radical (unpaired) electrons. The molecule has 0 bridgehead atoms. The smallest absolute Gasteiger partial charge is 0.303 e. The Balaban J connectivity index is 0.000000268. The van der Waals surface area contributed by atoms with E-state index in [4.69, 9.17) is 19.2 Å². The van der Waals surface area contributed by atoms with Gasteiger partial charge in [-0.15, -0.1) is 0 Å². The van der Waals surface area contributed by atoms with Crippen LogP contribution in [0, 0.1) is 41.5 Å². The van der Waals surface area contributed by atoms with Crippen molar-refractivity contribution >= 4 is 31.7 Å². The molecule has 3 N–H and O–H groups in total. The second kappa shape index (κ2) is 13.7. The van der Waals surface area contributed by atoms with E-state index in [1.54, 1.807) is 0 Å². The van der Waals surface area contributed by atoms with Gasteiger partial charge in [-0.2, -0.15) is 0 Å². The van der Waals surface area contributed by atoms with Crippen LogP contribution < -0.4 is 15.9 Å². The van der Waals surface area contributed by atoms with E-state index in [0.717, 1.165) is 0 Å². The van der Waals surface area contributed by atoms with Gasteiger partial charge in [-0.25, -0.2) is 4.57 Å². The third-order valence-electron chi connectivity index (χ3n) is 5.94. The minimum Gasteiger partial charge on any atom is -0.303 e. The normalized spacial score (nSPS) is 10.7. The van der Waals surface area contributed by atoms with Gasteiger partial charge in [0, 0.05) is 0 Å². The first-order valence-electron chi connectivity index (χ1n) is 11.7. The fourth-order valence-electron chi connectivity index (χ4n) is 3.73. The van der Waals surface area contributed by atoms with E-state index in [1.165, 1.54) is 49.3 Å². The lowest BCUT2D eigenvalue weighted by molar-refractivity contribution is 0.275. The van der Waals surface area contributed by atoms with Crippen molar-refractivity contribution in [3.8, 4) is 0 Å². The number of phosphoric acid groups is 1. The first-order chi connectivity index (χ1) is 16.9. The lowest BCUT2D eigenvalue weighted by Crippen LogP contribution is -2.25. The van der Waals surface area contributed by atoms with Crippen LogP contribution in [0.1, 0.15) is 33.4 Å². The zero-order valence-electron chi connectivity index (χ0n) is 21.8. The van der Waals surface area contributed by atoms with Crippen LogP contribution in [0.5, 0.6) is 0 Å². The van der Waals surface area contributed by atoms with Crippen LogP contribution >= 0.6 is 15.7 Å². The third-order valence-corrected chi connectivity index (χ3v) is 8.90. The molecular formula is C30H36O4P2. The highest BCUT2D eigenvalue weighted by Gasteiger charge is 2.20. The van der Waals surface area contributed by atoms with Crippen molar-refractivity contribution in [3.05, 3.63) is 124 Å². The summed E-state index contributed by atoms with van der Waals surface area (Å²) in [5.74, 6) is 0. The predicted molar refractivity (Wildman–Crippen MR) is 154 cm³/mol. The van der Waals surface area contributed by atoms with Crippen LogP contribution in [-0.2, 0) is 4.57 Å². The average molecular weight is 523 g/mol. The second-order valence-electron chi connectivity index (χ2n) is 8.72. The quantitative estimate of drug-likeness (QED) is 0.286. The van der Waals surface area contributed by atoms with Crippen LogP contribution in [0.4, 0.5) is 0 Å². The van der Waals surface area contributed by atoms with Crippen molar-refractivity contribution in [2.75, 3.05) is 0 Å². The highest BCUT2D eigenvalue weighted by molar-refractivity contribution is 7.80. The van der Waals surface area contributed by atoms with Gasteiger partial charge >= 0.3 is 7.82 Å². The van der Waals surface area contributed by atoms with Gasteiger partial charge in [-0.05, 0) is 98.8 Å². The molecule has 36 heavy (non-hydrogen) atoms. The molecule has 0 saturated heterocycles. The number of rotatable bonds is 3. The van der Waals surface area contributed by atoms with E-state index in [2.05, 4.69) is 133 Å². The van der Waals surface area contributed by atoms with Crippen molar-refractivity contribution < 1.29 is 19.2 Å². The third kappa shape index (κ3) is 9.13. The van der Waals surface area contributed by atoms with E-state index in [0.29, 0.717) is 0 Å². The molecule has 4 aromatic carbocycles. The maximum Gasteiger partial charge on any atom is 0.466 e. The molecule has 4 rings (SSSR count). The number of benzene rings is 4.